The van der Waals surface area contributed by atoms with Gasteiger partial charge < -0.3 is 9.47 Å². The molecule has 0 aliphatic carbocycles. The number of aryl methyl sites for hydroxylation is 1. The van der Waals surface area contributed by atoms with Crippen molar-refractivity contribution in [1.82, 2.24) is 0 Å². The summed E-state index contributed by atoms with van der Waals surface area (Å²) in [7, 11) is -1.01. The smallest absolute Gasteiger partial charge is 0.198 e. The number of hydrogen-bond acceptors (Lipinski definition) is 5. The Morgan fingerprint density at radius 2 is 1.70 bits per heavy atom. The molecule has 0 saturated heterocycles. The van der Waals surface area contributed by atoms with Gasteiger partial charge in [0, 0.05) is 5.56 Å². The second-order valence-corrected chi connectivity index (χ2v) is 6.98. The SMILES string of the molecule is COc1cccc(C(C#N)S(=O)(=O)c2ccc(C)cc2)c1OC. The zero-order valence-corrected chi connectivity index (χ0v) is 13.9. The van der Waals surface area contributed by atoms with Gasteiger partial charge in [-0.2, -0.15) is 5.26 Å². The van der Waals surface area contributed by atoms with E-state index < -0.39 is 15.1 Å². The normalized spacial score (nSPS) is 12.3. The first-order chi connectivity index (χ1) is 11.0. The summed E-state index contributed by atoms with van der Waals surface area (Å²) in [4.78, 5) is 0.0968. The molecule has 0 heterocycles. The summed E-state index contributed by atoms with van der Waals surface area (Å²) >= 11 is 0. The third-order valence-electron chi connectivity index (χ3n) is 3.49. The van der Waals surface area contributed by atoms with Crippen LogP contribution in [0.3, 0.4) is 0 Å². The minimum absolute atomic E-state index is 0.0968. The van der Waals surface area contributed by atoms with Gasteiger partial charge in [-0.15, -0.1) is 0 Å². The van der Waals surface area contributed by atoms with E-state index in [4.69, 9.17) is 9.47 Å². The highest BCUT2D eigenvalue weighted by molar-refractivity contribution is 7.92. The molecule has 0 aliphatic rings. The van der Waals surface area contributed by atoms with Crippen LogP contribution in [0.5, 0.6) is 11.5 Å². The fourth-order valence-corrected chi connectivity index (χ4v) is 3.73. The van der Waals surface area contributed by atoms with Crippen LogP contribution in [0.2, 0.25) is 0 Å². The molecule has 0 bridgehead atoms. The fraction of sp³-hybridized carbons (Fsp3) is 0.235. The Labute approximate surface area is 136 Å². The Hall–Kier alpha value is -2.52. The standard InChI is InChI=1S/C17H17NO4S/c1-12-7-9-13(10-8-12)23(19,20)16(11-18)14-5-4-6-15(21-2)17(14)22-3/h4-10,16H,1-3H3. The van der Waals surface area contributed by atoms with E-state index in [2.05, 4.69) is 0 Å². The average molecular weight is 331 g/mol. The molecular weight excluding hydrogens is 314 g/mol. The predicted molar refractivity (Wildman–Crippen MR) is 86.3 cm³/mol. The number of methoxy groups -OCH3 is 2. The summed E-state index contributed by atoms with van der Waals surface area (Å²) < 4.78 is 36.1. The van der Waals surface area contributed by atoms with Crippen molar-refractivity contribution in [1.29, 1.82) is 5.26 Å². The molecule has 2 aromatic rings. The molecule has 0 spiro atoms. The summed E-state index contributed by atoms with van der Waals surface area (Å²) in [5.74, 6) is 0.626. The van der Waals surface area contributed by atoms with Crippen LogP contribution in [0.1, 0.15) is 16.4 Å². The van der Waals surface area contributed by atoms with Crippen molar-refractivity contribution >= 4 is 9.84 Å². The van der Waals surface area contributed by atoms with Crippen LogP contribution in [0.15, 0.2) is 47.4 Å². The number of nitriles is 1. The van der Waals surface area contributed by atoms with Crippen molar-refractivity contribution in [3.05, 3.63) is 53.6 Å². The van der Waals surface area contributed by atoms with Crippen LogP contribution >= 0.6 is 0 Å². The van der Waals surface area contributed by atoms with Crippen molar-refractivity contribution in [2.75, 3.05) is 14.2 Å². The molecule has 0 aromatic heterocycles. The van der Waals surface area contributed by atoms with Crippen LogP contribution in [-0.4, -0.2) is 22.6 Å². The van der Waals surface area contributed by atoms with Crippen molar-refractivity contribution in [2.45, 2.75) is 17.1 Å². The molecule has 2 aromatic carbocycles. The molecule has 1 atom stereocenters. The van der Waals surface area contributed by atoms with E-state index in [1.807, 2.05) is 13.0 Å². The monoisotopic (exact) mass is 331 g/mol. The van der Waals surface area contributed by atoms with Crippen molar-refractivity contribution in [2.24, 2.45) is 0 Å². The molecule has 0 aliphatic heterocycles. The Bertz CT molecular complexity index is 836. The molecular formula is C17H17NO4S. The van der Waals surface area contributed by atoms with Gasteiger partial charge in [0.25, 0.3) is 0 Å². The first-order valence-corrected chi connectivity index (χ1v) is 8.41. The lowest BCUT2D eigenvalue weighted by Gasteiger charge is -2.16. The third-order valence-corrected chi connectivity index (χ3v) is 5.40. The zero-order chi connectivity index (χ0) is 17.0. The van der Waals surface area contributed by atoms with Gasteiger partial charge in [0.05, 0.1) is 25.2 Å². The molecule has 0 amide bonds. The highest BCUT2D eigenvalue weighted by Gasteiger charge is 2.32. The predicted octanol–water partition coefficient (Wildman–Crippen LogP) is 3.05. The van der Waals surface area contributed by atoms with E-state index >= 15 is 0 Å². The minimum Gasteiger partial charge on any atom is -0.493 e. The maximum absolute atomic E-state index is 12.8. The molecule has 0 radical (unpaired) electrons. The molecule has 5 nitrogen and oxygen atoms in total. The Balaban J connectivity index is 2.61. The summed E-state index contributed by atoms with van der Waals surface area (Å²) in [5, 5.41) is 8.11. The second kappa shape index (κ2) is 6.71. The third kappa shape index (κ3) is 3.15. The van der Waals surface area contributed by atoms with E-state index in [1.165, 1.54) is 26.4 Å². The van der Waals surface area contributed by atoms with Gasteiger partial charge in [0.1, 0.15) is 0 Å². The lowest BCUT2D eigenvalue weighted by molar-refractivity contribution is 0.352. The van der Waals surface area contributed by atoms with E-state index in [-0.39, 0.29) is 16.2 Å². The zero-order valence-electron chi connectivity index (χ0n) is 13.1. The maximum atomic E-state index is 12.8. The number of sulfone groups is 1. The average Bonchev–Trinajstić information content (AvgIpc) is 2.55. The number of benzene rings is 2. The Morgan fingerprint density at radius 1 is 1.04 bits per heavy atom. The highest BCUT2D eigenvalue weighted by atomic mass is 32.2. The number of para-hydroxylation sites is 1. The Morgan fingerprint density at radius 3 is 2.22 bits per heavy atom. The van der Waals surface area contributed by atoms with Gasteiger partial charge in [0.15, 0.2) is 26.6 Å². The number of hydrogen-bond donors (Lipinski definition) is 0. The summed E-state index contributed by atoms with van der Waals surface area (Å²) in [6.07, 6.45) is 0. The number of rotatable bonds is 5. The lowest BCUT2D eigenvalue weighted by atomic mass is 10.1. The summed E-state index contributed by atoms with van der Waals surface area (Å²) in [6.45, 7) is 1.86. The molecule has 0 fully saturated rings. The van der Waals surface area contributed by atoms with Crippen molar-refractivity contribution < 1.29 is 17.9 Å². The largest absolute Gasteiger partial charge is 0.493 e. The molecule has 23 heavy (non-hydrogen) atoms. The van der Waals surface area contributed by atoms with Gasteiger partial charge in [-0.05, 0) is 25.1 Å². The minimum atomic E-state index is -3.88. The second-order valence-electron chi connectivity index (χ2n) is 4.95. The molecule has 1 unspecified atom stereocenters. The number of nitrogens with zero attached hydrogens (tertiary/aromatic N) is 1. The Kier molecular flexibility index (Phi) is 4.92. The number of ether oxygens (including phenoxy) is 2. The van der Waals surface area contributed by atoms with Crippen LogP contribution < -0.4 is 9.47 Å². The quantitative estimate of drug-likeness (QED) is 0.841. The van der Waals surface area contributed by atoms with E-state index in [9.17, 15) is 13.7 Å². The summed E-state index contributed by atoms with van der Waals surface area (Å²) in [5.41, 5.74) is 1.20. The van der Waals surface area contributed by atoms with Crippen LogP contribution in [0.25, 0.3) is 0 Å². The first kappa shape index (κ1) is 16.8. The first-order valence-electron chi connectivity index (χ1n) is 6.86. The molecule has 6 heteroatoms. The molecule has 0 N–H and O–H groups in total. The van der Waals surface area contributed by atoms with Crippen LogP contribution in [0.4, 0.5) is 0 Å². The van der Waals surface area contributed by atoms with Gasteiger partial charge in [-0.3, -0.25) is 0 Å². The van der Waals surface area contributed by atoms with Crippen LogP contribution in [0, 0.1) is 18.3 Å². The highest BCUT2D eigenvalue weighted by Crippen LogP contribution is 2.39. The topological polar surface area (TPSA) is 76.4 Å². The van der Waals surface area contributed by atoms with Gasteiger partial charge in [-0.1, -0.05) is 29.8 Å². The van der Waals surface area contributed by atoms with Gasteiger partial charge in [0.2, 0.25) is 0 Å². The van der Waals surface area contributed by atoms with Crippen molar-refractivity contribution in [3.8, 4) is 17.6 Å². The summed E-state index contributed by atoms with van der Waals surface area (Å²) in [6, 6.07) is 13.1. The molecule has 2 rings (SSSR count). The van der Waals surface area contributed by atoms with Crippen LogP contribution in [-0.2, 0) is 9.84 Å². The maximum Gasteiger partial charge on any atom is 0.198 e. The molecule has 120 valence electrons. The molecule has 0 saturated carbocycles. The lowest BCUT2D eigenvalue weighted by Crippen LogP contribution is -2.13. The van der Waals surface area contributed by atoms with Gasteiger partial charge in [-0.25, -0.2) is 8.42 Å². The van der Waals surface area contributed by atoms with E-state index in [0.29, 0.717) is 5.75 Å². The van der Waals surface area contributed by atoms with E-state index in [0.717, 1.165) is 5.56 Å². The van der Waals surface area contributed by atoms with E-state index in [1.54, 1.807) is 30.3 Å². The van der Waals surface area contributed by atoms with Crippen molar-refractivity contribution in [3.63, 3.8) is 0 Å². The van der Waals surface area contributed by atoms with Gasteiger partial charge >= 0.3 is 0 Å². The fourth-order valence-electron chi connectivity index (χ4n) is 2.29.